The second kappa shape index (κ2) is 7.51. The molecule has 0 unspecified atom stereocenters. The van der Waals surface area contributed by atoms with Crippen molar-refractivity contribution in [3.63, 3.8) is 0 Å². The van der Waals surface area contributed by atoms with E-state index < -0.39 is 0 Å². The fourth-order valence-corrected chi connectivity index (χ4v) is 3.26. The number of rotatable bonds is 5. The van der Waals surface area contributed by atoms with Crippen LogP contribution in [0.5, 0.6) is 0 Å². The molecule has 0 fully saturated rings. The standard InChI is InChI=1S/C19H21ClN2O/c20-17-8-3-5-15(13-17)10-11-21-19(23)14-22-12-4-7-16-6-1-2-9-18(16)22/h1-3,5-6,8-9,13H,4,7,10-12,14H2,(H,21,23). The number of amides is 1. The van der Waals surface area contributed by atoms with Crippen molar-refractivity contribution in [2.24, 2.45) is 0 Å². The lowest BCUT2D eigenvalue weighted by Crippen LogP contribution is -2.40. The first kappa shape index (κ1) is 15.9. The minimum Gasteiger partial charge on any atom is -0.362 e. The summed E-state index contributed by atoms with van der Waals surface area (Å²) in [6.45, 7) is 2.00. The quantitative estimate of drug-likeness (QED) is 0.911. The summed E-state index contributed by atoms with van der Waals surface area (Å²) in [4.78, 5) is 14.4. The normalized spacial score (nSPS) is 13.5. The molecule has 1 heterocycles. The van der Waals surface area contributed by atoms with Gasteiger partial charge in [-0.1, -0.05) is 41.9 Å². The average molecular weight is 329 g/mol. The number of anilines is 1. The number of benzene rings is 2. The van der Waals surface area contributed by atoms with Crippen LogP contribution in [0.25, 0.3) is 0 Å². The number of para-hydroxylation sites is 1. The van der Waals surface area contributed by atoms with Crippen molar-refractivity contribution >= 4 is 23.2 Å². The number of aryl methyl sites for hydroxylation is 1. The molecular formula is C19H21ClN2O. The van der Waals surface area contributed by atoms with Crippen LogP contribution in [0.2, 0.25) is 5.02 Å². The molecule has 0 saturated carbocycles. The maximum atomic E-state index is 12.2. The smallest absolute Gasteiger partial charge is 0.239 e. The van der Waals surface area contributed by atoms with E-state index in [0.29, 0.717) is 13.1 Å². The maximum absolute atomic E-state index is 12.2. The second-order valence-corrected chi connectivity index (χ2v) is 6.32. The number of carbonyl (C=O) groups is 1. The van der Waals surface area contributed by atoms with Crippen LogP contribution in [0, 0.1) is 0 Å². The van der Waals surface area contributed by atoms with Gasteiger partial charge in [0.2, 0.25) is 5.91 Å². The fourth-order valence-electron chi connectivity index (χ4n) is 3.04. The molecule has 0 bridgehead atoms. The highest BCUT2D eigenvalue weighted by Crippen LogP contribution is 2.26. The zero-order valence-electron chi connectivity index (χ0n) is 13.1. The van der Waals surface area contributed by atoms with Crippen LogP contribution in [0.3, 0.4) is 0 Å². The topological polar surface area (TPSA) is 32.3 Å². The summed E-state index contributed by atoms with van der Waals surface area (Å²) in [6.07, 6.45) is 3.00. The molecule has 1 N–H and O–H groups in total. The molecule has 0 aliphatic carbocycles. The summed E-state index contributed by atoms with van der Waals surface area (Å²) in [5, 5.41) is 3.74. The third kappa shape index (κ3) is 4.26. The molecule has 2 aromatic rings. The van der Waals surface area contributed by atoms with Gasteiger partial charge in [-0.05, 0) is 48.6 Å². The molecule has 0 radical (unpaired) electrons. The molecule has 0 saturated heterocycles. The zero-order valence-corrected chi connectivity index (χ0v) is 13.9. The van der Waals surface area contributed by atoms with Crippen molar-refractivity contribution in [1.82, 2.24) is 5.32 Å². The van der Waals surface area contributed by atoms with Gasteiger partial charge in [-0.15, -0.1) is 0 Å². The molecule has 0 spiro atoms. The Labute approximate surface area is 142 Å². The van der Waals surface area contributed by atoms with Crippen molar-refractivity contribution in [3.8, 4) is 0 Å². The Hall–Kier alpha value is -2.00. The maximum Gasteiger partial charge on any atom is 0.239 e. The summed E-state index contributed by atoms with van der Waals surface area (Å²) < 4.78 is 0. The summed E-state index contributed by atoms with van der Waals surface area (Å²) >= 11 is 5.97. The Morgan fingerprint density at radius 3 is 2.91 bits per heavy atom. The van der Waals surface area contributed by atoms with Crippen LogP contribution in [0.1, 0.15) is 17.5 Å². The average Bonchev–Trinajstić information content (AvgIpc) is 2.55. The van der Waals surface area contributed by atoms with Crippen LogP contribution < -0.4 is 10.2 Å². The minimum absolute atomic E-state index is 0.0729. The monoisotopic (exact) mass is 328 g/mol. The van der Waals surface area contributed by atoms with E-state index in [1.807, 2.05) is 30.3 Å². The number of nitrogens with zero attached hydrogens (tertiary/aromatic N) is 1. The predicted octanol–water partition coefficient (Wildman–Crippen LogP) is 3.45. The van der Waals surface area contributed by atoms with Gasteiger partial charge in [0.05, 0.1) is 6.54 Å². The molecule has 3 rings (SSSR count). The van der Waals surface area contributed by atoms with Crippen LogP contribution in [-0.4, -0.2) is 25.5 Å². The fraction of sp³-hybridized carbons (Fsp3) is 0.316. The van der Waals surface area contributed by atoms with E-state index in [4.69, 9.17) is 11.6 Å². The summed E-state index contributed by atoms with van der Waals surface area (Å²) in [7, 11) is 0. The number of halogens is 1. The largest absolute Gasteiger partial charge is 0.362 e. The molecule has 0 aromatic heterocycles. The van der Waals surface area contributed by atoms with Crippen LogP contribution in [0.15, 0.2) is 48.5 Å². The van der Waals surface area contributed by atoms with Crippen molar-refractivity contribution in [2.45, 2.75) is 19.3 Å². The van der Waals surface area contributed by atoms with Crippen LogP contribution >= 0.6 is 11.6 Å². The Morgan fingerprint density at radius 2 is 2.04 bits per heavy atom. The Bertz CT molecular complexity index is 687. The Kier molecular flexibility index (Phi) is 5.19. The van der Waals surface area contributed by atoms with Gasteiger partial charge < -0.3 is 10.2 Å². The van der Waals surface area contributed by atoms with Gasteiger partial charge in [-0.3, -0.25) is 4.79 Å². The van der Waals surface area contributed by atoms with Gasteiger partial charge in [0, 0.05) is 23.8 Å². The molecule has 1 aliphatic heterocycles. The van der Waals surface area contributed by atoms with Gasteiger partial charge in [-0.2, -0.15) is 0 Å². The lowest BCUT2D eigenvalue weighted by atomic mass is 10.0. The van der Waals surface area contributed by atoms with Crippen molar-refractivity contribution < 1.29 is 4.79 Å². The molecule has 0 atom stereocenters. The Balaban J connectivity index is 1.50. The molecule has 23 heavy (non-hydrogen) atoms. The molecule has 2 aromatic carbocycles. The summed E-state index contributed by atoms with van der Waals surface area (Å²) in [5.41, 5.74) is 3.68. The summed E-state index contributed by atoms with van der Waals surface area (Å²) in [6, 6.07) is 16.1. The molecule has 120 valence electrons. The number of carbonyl (C=O) groups excluding carboxylic acids is 1. The van der Waals surface area contributed by atoms with Crippen molar-refractivity contribution in [3.05, 3.63) is 64.7 Å². The predicted molar refractivity (Wildman–Crippen MR) is 95.1 cm³/mol. The van der Waals surface area contributed by atoms with Gasteiger partial charge in [-0.25, -0.2) is 0 Å². The highest BCUT2D eigenvalue weighted by molar-refractivity contribution is 6.30. The molecule has 1 aliphatic rings. The van der Waals surface area contributed by atoms with E-state index in [-0.39, 0.29) is 5.91 Å². The highest BCUT2D eigenvalue weighted by Gasteiger charge is 2.18. The SMILES string of the molecule is O=C(CN1CCCc2ccccc21)NCCc1cccc(Cl)c1. The van der Waals surface area contributed by atoms with Gasteiger partial charge in [0.15, 0.2) is 0 Å². The first-order chi connectivity index (χ1) is 11.2. The lowest BCUT2D eigenvalue weighted by Gasteiger charge is -2.30. The molecule has 4 heteroatoms. The third-order valence-electron chi connectivity index (χ3n) is 4.17. The minimum atomic E-state index is 0.0729. The van der Waals surface area contributed by atoms with Crippen LogP contribution in [0.4, 0.5) is 5.69 Å². The molecule has 3 nitrogen and oxygen atoms in total. The van der Waals surface area contributed by atoms with Gasteiger partial charge in [0.25, 0.3) is 0 Å². The number of fused-ring (bicyclic) bond motifs is 1. The van der Waals surface area contributed by atoms with E-state index in [2.05, 4.69) is 28.4 Å². The van der Waals surface area contributed by atoms with E-state index in [9.17, 15) is 4.79 Å². The molecule has 1 amide bonds. The van der Waals surface area contributed by atoms with Crippen molar-refractivity contribution in [2.75, 3.05) is 24.5 Å². The van der Waals surface area contributed by atoms with Crippen molar-refractivity contribution in [1.29, 1.82) is 0 Å². The van der Waals surface area contributed by atoms with Crippen LogP contribution in [-0.2, 0) is 17.6 Å². The lowest BCUT2D eigenvalue weighted by molar-refractivity contribution is -0.119. The zero-order chi connectivity index (χ0) is 16.1. The van der Waals surface area contributed by atoms with E-state index in [1.54, 1.807) is 0 Å². The van der Waals surface area contributed by atoms with E-state index >= 15 is 0 Å². The second-order valence-electron chi connectivity index (χ2n) is 5.88. The van der Waals surface area contributed by atoms with Gasteiger partial charge in [0.1, 0.15) is 0 Å². The first-order valence-corrected chi connectivity index (χ1v) is 8.44. The number of hydrogen-bond acceptors (Lipinski definition) is 2. The highest BCUT2D eigenvalue weighted by atomic mass is 35.5. The van der Waals surface area contributed by atoms with E-state index in [0.717, 1.165) is 36.4 Å². The third-order valence-corrected chi connectivity index (χ3v) is 4.40. The molecular weight excluding hydrogens is 308 g/mol. The Morgan fingerprint density at radius 1 is 1.17 bits per heavy atom. The first-order valence-electron chi connectivity index (χ1n) is 8.06. The number of hydrogen-bond donors (Lipinski definition) is 1. The van der Waals surface area contributed by atoms with Gasteiger partial charge >= 0.3 is 0 Å². The summed E-state index contributed by atoms with van der Waals surface area (Å²) in [5.74, 6) is 0.0729. The van der Waals surface area contributed by atoms with E-state index in [1.165, 1.54) is 11.3 Å². The number of nitrogens with one attached hydrogen (secondary N) is 1.